The zero-order valence-corrected chi connectivity index (χ0v) is 13.7. The Balaban J connectivity index is 0.00000180. The number of piperidine rings is 1. The van der Waals surface area contributed by atoms with Gasteiger partial charge in [0.1, 0.15) is 0 Å². The molecule has 7 heteroatoms. The van der Waals surface area contributed by atoms with Crippen molar-refractivity contribution in [1.82, 2.24) is 10.2 Å². The summed E-state index contributed by atoms with van der Waals surface area (Å²) in [6, 6.07) is 0.259. The molecule has 0 radical (unpaired) electrons. The first-order chi connectivity index (χ1) is 8.64. The largest absolute Gasteiger partial charge is 0.381 e. The number of carbonyl (C=O) groups excluding carboxylic acids is 1. The fourth-order valence-electron chi connectivity index (χ4n) is 2.75. The molecule has 20 heavy (non-hydrogen) atoms. The van der Waals surface area contributed by atoms with Crippen LogP contribution in [-0.4, -0.2) is 55.2 Å². The maximum atomic E-state index is 12.3. The van der Waals surface area contributed by atoms with Gasteiger partial charge in [0, 0.05) is 25.8 Å². The van der Waals surface area contributed by atoms with Crippen LogP contribution in [0.5, 0.6) is 0 Å². The van der Waals surface area contributed by atoms with Gasteiger partial charge in [-0.25, -0.2) is 0 Å². The normalized spacial score (nSPS) is 26.0. The summed E-state index contributed by atoms with van der Waals surface area (Å²) in [5.74, 6) is 0.00810. The number of rotatable bonds is 3. The molecule has 0 spiro atoms. The topological polar surface area (TPSA) is 67.6 Å². The number of likely N-dealkylation sites (N-methyl/N-ethyl adjacent to an activating group) is 1. The number of nitrogens with two attached hydrogens (primary N) is 1. The lowest BCUT2D eigenvalue weighted by Gasteiger charge is -2.36. The van der Waals surface area contributed by atoms with Gasteiger partial charge in [-0.05, 0) is 38.8 Å². The summed E-state index contributed by atoms with van der Waals surface area (Å²) >= 11 is 0. The first-order valence-electron chi connectivity index (χ1n) is 7.04. The summed E-state index contributed by atoms with van der Waals surface area (Å²) in [6.45, 7) is 6.49. The number of carbonyl (C=O) groups is 1. The molecule has 0 aromatic carbocycles. The number of nitrogens with zero attached hydrogens (tertiary/aromatic N) is 1. The molecule has 2 saturated heterocycles. The van der Waals surface area contributed by atoms with E-state index in [2.05, 4.69) is 17.1 Å². The highest BCUT2D eigenvalue weighted by atomic mass is 35.5. The summed E-state index contributed by atoms with van der Waals surface area (Å²) in [7, 11) is 0. The first kappa shape index (κ1) is 19.9. The Morgan fingerprint density at radius 3 is 2.65 bits per heavy atom. The lowest BCUT2D eigenvalue weighted by molar-refractivity contribution is -0.130. The highest BCUT2D eigenvalue weighted by molar-refractivity contribution is 5.86. The van der Waals surface area contributed by atoms with Crippen molar-refractivity contribution in [3.05, 3.63) is 0 Å². The average Bonchev–Trinajstić information content (AvgIpc) is 2.40. The van der Waals surface area contributed by atoms with Crippen LogP contribution in [0.15, 0.2) is 0 Å². The molecular formula is C13H27Cl2N3O2. The highest BCUT2D eigenvalue weighted by Gasteiger charge is 2.37. The van der Waals surface area contributed by atoms with E-state index in [1.807, 2.05) is 0 Å². The molecule has 1 unspecified atom stereocenters. The van der Waals surface area contributed by atoms with Crippen molar-refractivity contribution in [3.8, 4) is 0 Å². The van der Waals surface area contributed by atoms with Crippen LogP contribution in [0.25, 0.3) is 0 Å². The molecule has 3 N–H and O–H groups in total. The van der Waals surface area contributed by atoms with Gasteiger partial charge in [-0.3, -0.25) is 4.79 Å². The predicted octanol–water partition coefficient (Wildman–Crippen LogP) is 0.938. The summed E-state index contributed by atoms with van der Waals surface area (Å²) < 4.78 is 5.27. The number of likely N-dealkylation sites (tertiary alicyclic amines) is 1. The Kier molecular flexibility index (Phi) is 9.02. The van der Waals surface area contributed by atoms with E-state index in [0.29, 0.717) is 26.1 Å². The van der Waals surface area contributed by atoms with E-state index in [9.17, 15) is 4.79 Å². The van der Waals surface area contributed by atoms with Gasteiger partial charge in [0.05, 0.1) is 5.54 Å². The maximum absolute atomic E-state index is 12.3. The van der Waals surface area contributed by atoms with Crippen LogP contribution < -0.4 is 11.1 Å². The van der Waals surface area contributed by atoms with Gasteiger partial charge >= 0.3 is 0 Å². The Hall–Kier alpha value is -0.0700. The molecule has 5 nitrogen and oxygen atoms in total. The minimum Gasteiger partial charge on any atom is -0.381 e. The second-order valence-electron chi connectivity index (χ2n) is 5.47. The van der Waals surface area contributed by atoms with Crippen molar-refractivity contribution in [2.24, 2.45) is 5.73 Å². The van der Waals surface area contributed by atoms with Gasteiger partial charge in [0.15, 0.2) is 0 Å². The van der Waals surface area contributed by atoms with E-state index >= 15 is 0 Å². The Morgan fingerprint density at radius 2 is 2.05 bits per heavy atom. The van der Waals surface area contributed by atoms with E-state index in [1.54, 1.807) is 0 Å². The molecule has 0 saturated carbocycles. The Bertz CT molecular complexity index is 299. The van der Waals surface area contributed by atoms with Crippen LogP contribution in [0.1, 0.15) is 32.6 Å². The van der Waals surface area contributed by atoms with Crippen molar-refractivity contribution in [2.45, 2.75) is 44.2 Å². The number of halogens is 2. The quantitative estimate of drug-likeness (QED) is 0.809. The molecular weight excluding hydrogens is 301 g/mol. The van der Waals surface area contributed by atoms with E-state index < -0.39 is 5.54 Å². The molecule has 1 amide bonds. The van der Waals surface area contributed by atoms with Gasteiger partial charge in [0.25, 0.3) is 0 Å². The zero-order valence-electron chi connectivity index (χ0n) is 12.1. The molecule has 2 heterocycles. The predicted molar refractivity (Wildman–Crippen MR) is 84.7 cm³/mol. The monoisotopic (exact) mass is 327 g/mol. The second-order valence-corrected chi connectivity index (χ2v) is 5.47. The lowest BCUT2D eigenvalue weighted by atomic mass is 9.89. The molecule has 2 fully saturated rings. The van der Waals surface area contributed by atoms with E-state index in [4.69, 9.17) is 10.5 Å². The third-order valence-corrected chi connectivity index (χ3v) is 4.13. The Labute approximate surface area is 133 Å². The summed E-state index contributed by atoms with van der Waals surface area (Å²) in [5.41, 5.74) is 5.47. The number of hydrogen-bond donors (Lipinski definition) is 2. The average molecular weight is 328 g/mol. The van der Waals surface area contributed by atoms with Gasteiger partial charge in [-0.2, -0.15) is 0 Å². The highest BCUT2D eigenvalue weighted by Crippen LogP contribution is 2.19. The number of amides is 1. The lowest BCUT2D eigenvalue weighted by Crippen LogP contribution is -2.60. The summed E-state index contributed by atoms with van der Waals surface area (Å²) in [5, 5.41) is 3.13. The van der Waals surface area contributed by atoms with Crippen molar-refractivity contribution >= 4 is 30.7 Å². The third kappa shape index (κ3) is 5.04. The molecule has 2 aliphatic rings. The van der Waals surface area contributed by atoms with Crippen molar-refractivity contribution < 1.29 is 9.53 Å². The molecule has 120 valence electrons. The van der Waals surface area contributed by atoms with Crippen LogP contribution in [0, 0.1) is 0 Å². The van der Waals surface area contributed by atoms with Gasteiger partial charge in [-0.15, -0.1) is 24.8 Å². The fourth-order valence-corrected chi connectivity index (χ4v) is 2.75. The first-order valence-corrected chi connectivity index (χ1v) is 7.04. The summed E-state index contributed by atoms with van der Waals surface area (Å²) in [4.78, 5) is 14.6. The van der Waals surface area contributed by atoms with Crippen LogP contribution in [0.2, 0.25) is 0 Å². The van der Waals surface area contributed by atoms with Gasteiger partial charge in [0.2, 0.25) is 5.91 Å². The smallest absolute Gasteiger partial charge is 0.240 e. The minimum absolute atomic E-state index is 0. The van der Waals surface area contributed by atoms with Gasteiger partial charge < -0.3 is 20.7 Å². The fraction of sp³-hybridized carbons (Fsp3) is 0.923. The van der Waals surface area contributed by atoms with Gasteiger partial charge in [-0.1, -0.05) is 6.92 Å². The molecule has 1 atom stereocenters. The Morgan fingerprint density at radius 1 is 1.40 bits per heavy atom. The number of ether oxygens (including phenoxy) is 1. The van der Waals surface area contributed by atoms with E-state index in [0.717, 1.165) is 32.5 Å². The number of hydrogen-bond acceptors (Lipinski definition) is 4. The second kappa shape index (κ2) is 9.05. The molecule has 2 aliphatic heterocycles. The van der Waals surface area contributed by atoms with Crippen molar-refractivity contribution in [3.63, 3.8) is 0 Å². The molecule has 0 bridgehead atoms. The molecule has 0 aromatic rings. The number of nitrogens with one attached hydrogen (secondary N) is 1. The van der Waals surface area contributed by atoms with Crippen molar-refractivity contribution in [2.75, 3.05) is 32.8 Å². The van der Waals surface area contributed by atoms with E-state index in [-0.39, 0.29) is 36.8 Å². The van der Waals surface area contributed by atoms with E-state index in [1.165, 1.54) is 0 Å². The minimum atomic E-state index is -0.716. The van der Waals surface area contributed by atoms with Crippen LogP contribution in [-0.2, 0) is 9.53 Å². The standard InChI is InChI=1S/C13H25N3O2.2ClH/c1-2-16-7-3-4-11(10-16)15-12(17)13(14)5-8-18-9-6-13;;/h11H,2-10,14H2,1H3,(H,15,17);2*1H. The molecule has 0 aliphatic carbocycles. The summed E-state index contributed by atoms with van der Waals surface area (Å²) in [6.07, 6.45) is 3.47. The van der Waals surface area contributed by atoms with Crippen LogP contribution in [0.3, 0.4) is 0 Å². The van der Waals surface area contributed by atoms with Crippen molar-refractivity contribution in [1.29, 1.82) is 0 Å². The zero-order chi connectivity index (χ0) is 13.0. The third-order valence-electron chi connectivity index (χ3n) is 4.13. The molecule has 2 rings (SSSR count). The van der Waals surface area contributed by atoms with Crippen LogP contribution in [0.4, 0.5) is 0 Å². The van der Waals surface area contributed by atoms with Crippen LogP contribution >= 0.6 is 24.8 Å². The maximum Gasteiger partial charge on any atom is 0.240 e. The molecule has 0 aromatic heterocycles. The SMILES string of the molecule is CCN1CCCC(NC(=O)C2(N)CCOCC2)C1.Cl.Cl.